The normalized spacial score (nSPS) is 12.5. The van der Waals surface area contributed by atoms with Gasteiger partial charge in [0, 0.05) is 10.6 Å². The van der Waals surface area contributed by atoms with Gasteiger partial charge in [0.25, 0.3) is 0 Å². The van der Waals surface area contributed by atoms with Crippen LogP contribution in [0.4, 0.5) is 4.39 Å². The first-order valence-corrected chi connectivity index (χ1v) is 7.28. The molecule has 112 valence electrons. The van der Waals surface area contributed by atoms with Crippen molar-refractivity contribution >= 4 is 11.6 Å². The molecule has 1 atom stereocenters. The predicted octanol–water partition coefficient (Wildman–Crippen LogP) is 4.58. The van der Waals surface area contributed by atoms with E-state index in [-0.39, 0.29) is 18.0 Å². The molecule has 1 N–H and O–H groups in total. The molecule has 2 rings (SSSR count). The van der Waals surface area contributed by atoms with Gasteiger partial charge in [-0.25, -0.2) is 4.39 Å². The van der Waals surface area contributed by atoms with E-state index in [9.17, 15) is 4.39 Å². The third-order valence-corrected chi connectivity index (χ3v) is 3.48. The minimum atomic E-state index is -0.342. The van der Waals surface area contributed by atoms with Gasteiger partial charge in [0.05, 0.1) is 12.1 Å². The molecule has 0 heterocycles. The summed E-state index contributed by atoms with van der Waals surface area (Å²) in [4.78, 5) is 0. The van der Waals surface area contributed by atoms with Crippen LogP contribution in [0.25, 0.3) is 0 Å². The lowest BCUT2D eigenvalue weighted by molar-refractivity contribution is 0.238. The van der Waals surface area contributed by atoms with E-state index in [1.807, 2.05) is 45.2 Å². The van der Waals surface area contributed by atoms with E-state index in [1.165, 1.54) is 12.1 Å². The maximum atomic E-state index is 13.2. The van der Waals surface area contributed by atoms with Crippen LogP contribution in [0, 0.1) is 5.82 Å². The van der Waals surface area contributed by atoms with Gasteiger partial charge in [-0.15, -0.1) is 0 Å². The Bertz CT molecular complexity index is 615. The minimum Gasteiger partial charge on any atom is -0.491 e. The Balaban J connectivity index is 2.46. The molecule has 4 heteroatoms. The fourth-order valence-corrected chi connectivity index (χ4v) is 2.57. The van der Waals surface area contributed by atoms with Crippen molar-refractivity contribution in [2.24, 2.45) is 0 Å². The Morgan fingerprint density at radius 3 is 2.43 bits per heavy atom. The van der Waals surface area contributed by atoms with Crippen LogP contribution in [-0.2, 0) is 0 Å². The third kappa shape index (κ3) is 3.74. The Morgan fingerprint density at radius 1 is 1.10 bits per heavy atom. The molecule has 2 nitrogen and oxygen atoms in total. The third-order valence-electron chi connectivity index (χ3n) is 3.15. The number of hydrogen-bond acceptors (Lipinski definition) is 2. The molecule has 0 bridgehead atoms. The van der Waals surface area contributed by atoms with Gasteiger partial charge in [-0.2, -0.15) is 0 Å². The predicted molar refractivity (Wildman–Crippen MR) is 84.5 cm³/mol. The van der Waals surface area contributed by atoms with Gasteiger partial charge in [0.1, 0.15) is 11.6 Å². The van der Waals surface area contributed by atoms with Gasteiger partial charge in [-0.1, -0.05) is 35.9 Å². The summed E-state index contributed by atoms with van der Waals surface area (Å²) in [5, 5.41) is 3.62. The molecule has 0 saturated heterocycles. The lowest BCUT2D eigenvalue weighted by Gasteiger charge is -2.22. The molecule has 0 aliphatic carbocycles. The molecule has 2 aromatic rings. The smallest absolute Gasteiger partial charge is 0.124 e. The van der Waals surface area contributed by atoms with Gasteiger partial charge >= 0.3 is 0 Å². The maximum absolute atomic E-state index is 13.2. The minimum absolute atomic E-state index is 0.0762. The largest absolute Gasteiger partial charge is 0.491 e. The lowest BCUT2D eigenvalue weighted by Crippen LogP contribution is -2.20. The molecule has 0 aliphatic rings. The first-order valence-electron chi connectivity index (χ1n) is 6.90. The monoisotopic (exact) mass is 307 g/mol. The van der Waals surface area contributed by atoms with Crippen molar-refractivity contribution in [3.8, 4) is 5.75 Å². The van der Waals surface area contributed by atoms with E-state index < -0.39 is 0 Å². The fraction of sp³-hybridized carbons (Fsp3) is 0.294. The molecule has 0 saturated carbocycles. The molecule has 1 unspecified atom stereocenters. The van der Waals surface area contributed by atoms with Crippen LogP contribution in [0.3, 0.4) is 0 Å². The van der Waals surface area contributed by atoms with Crippen LogP contribution in [0.15, 0.2) is 42.5 Å². The second kappa shape index (κ2) is 6.92. The number of para-hydroxylation sites is 1. The number of ether oxygens (including phenoxy) is 1. The van der Waals surface area contributed by atoms with Gasteiger partial charge in [0.15, 0.2) is 0 Å². The molecule has 0 aliphatic heterocycles. The zero-order chi connectivity index (χ0) is 15.4. The fourth-order valence-electron chi connectivity index (χ4n) is 2.29. The van der Waals surface area contributed by atoms with Crippen molar-refractivity contribution in [1.82, 2.24) is 5.32 Å². The van der Waals surface area contributed by atoms with Crippen molar-refractivity contribution < 1.29 is 9.13 Å². The first-order chi connectivity index (χ1) is 10.0. The first kappa shape index (κ1) is 15.8. The number of nitrogens with one attached hydrogen (secondary N) is 1. The second-order valence-electron chi connectivity index (χ2n) is 5.09. The topological polar surface area (TPSA) is 21.3 Å². The highest BCUT2D eigenvalue weighted by Gasteiger charge is 2.19. The number of benzene rings is 2. The summed E-state index contributed by atoms with van der Waals surface area (Å²) in [6.45, 7) is 3.96. The molecule has 0 amide bonds. The Hall–Kier alpha value is -1.58. The van der Waals surface area contributed by atoms with Gasteiger partial charge in [-0.05, 0) is 44.7 Å². The zero-order valence-corrected chi connectivity index (χ0v) is 13.1. The van der Waals surface area contributed by atoms with Crippen molar-refractivity contribution in [2.75, 3.05) is 7.05 Å². The van der Waals surface area contributed by atoms with Gasteiger partial charge in [-0.3, -0.25) is 0 Å². The van der Waals surface area contributed by atoms with Crippen LogP contribution in [0.5, 0.6) is 5.75 Å². The van der Waals surface area contributed by atoms with E-state index in [2.05, 4.69) is 5.32 Å². The molecule has 0 fully saturated rings. The van der Waals surface area contributed by atoms with E-state index in [4.69, 9.17) is 16.3 Å². The zero-order valence-electron chi connectivity index (χ0n) is 12.4. The van der Waals surface area contributed by atoms with Crippen LogP contribution >= 0.6 is 11.6 Å². The average Bonchev–Trinajstić information content (AvgIpc) is 2.43. The van der Waals surface area contributed by atoms with Crippen molar-refractivity contribution in [1.29, 1.82) is 0 Å². The molecule has 0 aromatic heterocycles. The van der Waals surface area contributed by atoms with Crippen LogP contribution < -0.4 is 10.1 Å². The lowest BCUT2D eigenvalue weighted by atomic mass is 9.97. The SMILES string of the molecule is CNC(c1ccc(F)cc1Cl)c1ccccc1OC(C)C. The second-order valence-corrected chi connectivity index (χ2v) is 5.50. The van der Waals surface area contributed by atoms with Crippen LogP contribution in [-0.4, -0.2) is 13.2 Å². The van der Waals surface area contributed by atoms with Crippen molar-refractivity contribution in [3.63, 3.8) is 0 Å². The summed E-state index contributed by atoms with van der Waals surface area (Å²) in [6.07, 6.45) is 0.0762. The molecule has 2 aromatic carbocycles. The highest BCUT2D eigenvalue weighted by molar-refractivity contribution is 6.31. The summed E-state index contributed by atoms with van der Waals surface area (Å²) in [5.41, 5.74) is 1.79. The van der Waals surface area contributed by atoms with Gasteiger partial charge < -0.3 is 10.1 Å². The molecule has 0 radical (unpaired) electrons. The molecular formula is C17H19ClFNO. The number of hydrogen-bond donors (Lipinski definition) is 1. The van der Waals surface area contributed by atoms with Crippen molar-refractivity contribution in [2.45, 2.75) is 26.0 Å². The molecule has 21 heavy (non-hydrogen) atoms. The van der Waals surface area contributed by atoms with Gasteiger partial charge in [0.2, 0.25) is 0 Å². The summed E-state index contributed by atoms with van der Waals surface area (Å²) in [5.74, 6) is 0.456. The highest BCUT2D eigenvalue weighted by atomic mass is 35.5. The summed E-state index contributed by atoms with van der Waals surface area (Å²) in [7, 11) is 1.84. The standard InChI is InChI=1S/C17H19ClFNO/c1-11(2)21-16-7-5-4-6-14(16)17(20-3)13-9-8-12(19)10-15(13)18/h4-11,17,20H,1-3H3. The van der Waals surface area contributed by atoms with Crippen LogP contribution in [0.1, 0.15) is 31.0 Å². The van der Waals surface area contributed by atoms with E-state index in [0.717, 1.165) is 16.9 Å². The van der Waals surface area contributed by atoms with E-state index in [1.54, 1.807) is 6.07 Å². The van der Waals surface area contributed by atoms with Crippen LogP contribution in [0.2, 0.25) is 5.02 Å². The number of halogens is 2. The Labute approximate surface area is 129 Å². The highest BCUT2D eigenvalue weighted by Crippen LogP contribution is 2.34. The van der Waals surface area contributed by atoms with E-state index in [0.29, 0.717) is 5.02 Å². The Morgan fingerprint density at radius 2 is 1.81 bits per heavy atom. The van der Waals surface area contributed by atoms with E-state index >= 15 is 0 Å². The van der Waals surface area contributed by atoms with Crippen molar-refractivity contribution in [3.05, 3.63) is 64.4 Å². The average molecular weight is 308 g/mol. The quantitative estimate of drug-likeness (QED) is 0.873. The summed E-state index contributed by atoms with van der Waals surface area (Å²) < 4.78 is 19.1. The maximum Gasteiger partial charge on any atom is 0.124 e. The summed E-state index contributed by atoms with van der Waals surface area (Å²) in [6, 6.07) is 12.1. The number of rotatable bonds is 5. The molecular weight excluding hydrogens is 289 g/mol. The molecule has 0 spiro atoms. The Kier molecular flexibility index (Phi) is 5.21. The summed E-state index contributed by atoms with van der Waals surface area (Å²) >= 11 is 6.19.